The lowest BCUT2D eigenvalue weighted by molar-refractivity contribution is -0.140. The van der Waals surface area contributed by atoms with E-state index in [1.807, 2.05) is 41.3 Å². The van der Waals surface area contributed by atoms with Crippen LogP contribution in [0.1, 0.15) is 174 Å². The van der Waals surface area contributed by atoms with Crippen LogP contribution in [0, 0.1) is 46.9 Å². The lowest BCUT2D eigenvalue weighted by Gasteiger charge is -2.31. The summed E-state index contributed by atoms with van der Waals surface area (Å²) in [6, 6.07) is 16.1. The number of hydrogen-bond donors (Lipinski definition) is 3. The van der Waals surface area contributed by atoms with Crippen LogP contribution in [0.4, 0.5) is 29.2 Å². The Hall–Kier alpha value is -7.20. The molecule has 2 atom stereocenters. The zero-order valence-electron chi connectivity index (χ0n) is 57.2. The molecule has 2 saturated heterocycles. The van der Waals surface area contributed by atoms with E-state index in [1.54, 1.807) is 0 Å². The predicted octanol–water partition coefficient (Wildman–Crippen LogP) is 15.5. The van der Waals surface area contributed by atoms with E-state index in [4.69, 9.17) is 26.5 Å². The number of aromatic nitrogens is 6. The number of carbonyl (C=O) groups is 7. The molecule has 7 aromatic rings. The van der Waals surface area contributed by atoms with Crippen molar-refractivity contribution >= 4 is 143 Å². The van der Waals surface area contributed by atoms with Gasteiger partial charge in [-0.25, -0.2) is 28.7 Å². The number of likely N-dealkylation sites (tertiary alicyclic amines) is 2. The molecule has 5 N–H and O–H groups in total. The van der Waals surface area contributed by atoms with Crippen LogP contribution in [-0.2, 0) is 59.5 Å². The van der Waals surface area contributed by atoms with Gasteiger partial charge in [0.15, 0.2) is 23.3 Å². The third-order valence-corrected chi connectivity index (χ3v) is 22.0. The van der Waals surface area contributed by atoms with Gasteiger partial charge in [-0.15, -0.1) is 23.5 Å². The number of halogens is 5. The number of nitrogen functional groups attached to an aromatic ring is 2. The number of allylic oxidation sites excluding steroid dienone is 1. The lowest BCUT2D eigenvalue weighted by atomic mass is 9.77. The van der Waals surface area contributed by atoms with Gasteiger partial charge in [0, 0.05) is 81.0 Å². The highest BCUT2D eigenvalue weighted by Crippen LogP contribution is 2.39. The molecule has 2 aliphatic heterocycles. The first kappa shape index (κ1) is 79.5. The second kappa shape index (κ2) is 37.8. The molecule has 4 aliphatic rings. The summed E-state index contributed by atoms with van der Waals surface area (Å²) in [4.78, 5) is 111. The number of benzene rings is 3. The van der Waals surface area contributed by atoms with Crippen LogP contribution in [0.5, 0.6) is 5.75 Å². The summed E-state index contributed by atoms with van der Waals surface area (Å²) < 4.78 is 63.7. The number of carbonyl (C=O) groups excluding carboxylic acids is 6. The summed E-state index contributed by atoms with van der Waals surface area (Å²) in [5.74, 6) is -8.80. The first-order valence-corrected chi connectivity index (χ1v) is 39.3. The number of carboxylic acids is 1. The highest BCUT2D eigenvalue weighted by atomic mass is 127. The molecule has 101 heavy (non-hydrogen) atoms. The molecule has 2 saturated carbocycles. The number of amides is 4. The number of carboxylic acid groups (broad SMARTS) is 1. The molecule has 0 radical (unpaired) electrons. The number of alkyl halides is 1. The van der Waals surface area contributed by atoms with Crippen LogP contribution in [0.25, 0.3) is 43.9 Å². The highest BCUT2D eigenvalue weighted by Gasteiger charge is 2.42. The lowest BCUT2D eigenvalue weighted by Crippen LogP contribution is -2.37. The molecule has 11 rings (SSSR count). The normalized spacial score (nSPS) is 19.2. The Bertz CT molecular complexity index is 4090. The first-order valence-electron chi connectivity index (χ1n) is 35.0. The molecule has 19 nitrogen and oxygen atoms in total. The van der Waals surface area contributed by atoms with Crippen LogP contribution >= 0.6 is 46.1 Å². The summed E-state index contributed by atoms with van der Waals surface area (Å²) in [6.45, 7) is 11.2. The molecule has 6 heterocycles. The number of imide groups is 2. The maximum Gasteiger partial charge on any atom is 0.321 e. The number of fused-ring (bicyclic) bond motifs is 6. The van der Waals surface area contributed by atoms with Crippen LogP contribution in [-0.4, -0.2) is 125 Å². The predicted molar refractivity (Wildman–Crippen MR) is 399 cm³/mol. The van der Waals surface area contributed by atoms with E-state index in [0.717, 1.165) is 201 Å². The maximum atomic E-state index is 13.9. The smallest absolute Gasteiger partial charge is 0.321 e. The number of aliphatic carboxylic acids is 1. The second-order valence-electron chi connectivity index (χ2n) is 26.5. The number of thioether (sulfide) groups is 2. The van der Waals surface area contributed by atoms with Crippen LogP contribution in [0.2, 0.25) is 0 Å². The number of pyridine rings is 2. The number of unbranched alkanes of at least 4 members (excludes halogenated alkanes) is 6. The number of esters is 1. The van der Waals surface area contributed by atoms with E-state index >= 15 is 0 Å². The van der Waals surface area contributed by atoms with Crippen molar-refractivity contribution in [3.63, 3.8) is 0 Å². The molecule has 4 aromatic heterocycles. The Kier molecular flexibility index (Phi) is 29.8. The van der Waals surface area contributed by atoms with Crippen molar-refractivity contribution in [3.8, 4) is 5.75 Å². The van der Waals surface area contributed by atoms with Crippen molar-refractivity contribution in [1.29, 1.82) is 0 Å². The monoisotopic (exact) mass is 1550 g/mol. The van der Waals surface area contributed by atoms with Gasteiger partial charge in [0.1, 0.15) is 28.5 Å². The third-order valence-electron chi connectivity index (χ3n) is 19.7. The standard InChI is InChI=1S/C39H43F4N5O5S.C34H45N5O4S.CH3I.CH4/c1-2-3-12-30-46-35-36(24-9-6-7-10-27(24)45-38(35)44)47(30)17-8-4-5-11-28(49)23-15-13-22(14-16-23)20-48-31(50)19-29(39(48)52)54-21-32(51)53-37-33(42)25(40)18-26(41)34(37)43;1-3-4-13-28-37-31-32(25-11-7-8-12-26(25)36-33(31)35)38(28)18-9-5-6-10-22(2)24-16-14-23(15-17-24)20-39-29(40)19-27(34(39)43)44-21-30(41)42;1-2;/h6-7,9-10,18,22-23,29H,2-5,8,11-17,19-21H2,1H3,(H2,44,45);7-8,11-12,23-24,27H,2-6,9-10,13-21H2,1H3,(H2,35,36)(H,41,42);1H3;1H4. The van der Waals surface area contributed by atoms with E-state index in [9.17, 15) is 51.1 Å². The maximum absolute atomic E-state index is 13.9. The summed E-state index contributed by atoms with van der Waals surface area (Å²) in [6.07, 6.45) is 20.2. The van der Waals surface area contributed by atoms with E-state index in [1.165, 1.54) is 15.4 Å². The minimum atomic E-state index is -1.85. The molecular formula is C75H95F4IN10O9S2. The van der Waals surface area contributed by atoms with Gasteiger partial charge in [-0.3, -0.25) is 43.4 Å². The molecule has 26 heteroatoms. The molecule has 0 bridgehead atoms. The molecular weight excluding hydrogens is 1450 g/mol. The fraction of sp³-hybridized carbons (Fsp3) is 0.533. The van der Waals surface area contributed by atoms with Gasteiger partial charge in [-0.1, -0.05) is 118 Å². The average Bonchev–Trinajstić information content (AvgIpc) is 1.65. The Morgan fingerprint density at radius 1 is 0.604 bits per heavy atom. The van der Waals surface area contributed by atoms with Gasteiger partial charge >= 0.3 is 11.9 Å². The molecule has 2 aliphatic carbocycles. The number of aryl methyl sites for hydroxylation is 4. The van der Waals surface area contributed by atoms with Crippen molar-refractivity contribution in [1.82, 2.24) is 38.9 Å². The van der Waals surface area contributed by atoms with Crippen LogP contribution in [0.15, 0.2) is 66.7 Å². The number of nitrogens with two attached hydrogens (primary N) is 2. The van der Waals surface area contributed by atoms with Crippen molar-refractivity contribution in [2.75, 3.05) is 41.0 Å². The van der Waals surface area contributed by atoms with Gasteiger partial charge in [0.2, 0.25) is 41.0 Å². The summed E-state index contributed by atoms with van der Waals surface area (Å²) in [5, 5.41) is 9.57. The first-order chi connectivity index (χ1) is 48.2. The van der Waals surface area contributed by atoms with Crippen molar-refractivity contribution in [2.24, 2.45) is 23.7 Å². The van der Waals surface area contributed by atoms with Crippen LogP contribution < -0.4 is 16.2 Å². The zero-order chi connectivity index (χ0) is 71.7. The number of anilines is 2. The largest absolute Gasteiger partial charge is 0.481 e. The van der Waals surface area contributed by atoms with Crippen LogP contribution in [0.3, 0.4) is 0 Å². The number of nitrogens with zero attached hydrogens (tertiary/aromatic N) is 8. The van der Waals surface area contributed by atoms with E-state index in [2.05, 4.69) is 79.0 Å². The third kappa shape index (κ3) is 19.8. The second-order valence-corrected chi connectivity index (χ2v) is 28.9. The van der Waals surface area contributed by atoms with Gasteiger partial charge < -0.3 is 30.4 Å². The van der Waals surface area contributed by atoms with Crippen molar-refractivity contribution in [3.05, 3.63) is 102 Å². The SMILES string of the molecule is C.C=C(CCCCCn1c(CCCC)nc2c(N)nc3ccccc3c21)C1CCC(CN2C(=O)CC(SCC(=O)O)C2=O)CC1.CCCCc1nc2c(N)nc3ccccc3c2n1CCCCCC(=O)C1CCC(CN2C(=O)CC(SCC(=O)Oc3c(F)c(F)cc(F)c3F)C2=O)CC1.CI. The number of rotatable bonds is 31. The quantitative estimate of drug-likeness (QED) is 0.00419. The number of Topliss-reactive ketones (excluding diaryl/α,β-unsaturated/α-hetero) is 1. The highest BCUT2D eigenvalue weighted by molar-refractivity contribution is 14.1. The molecule has 3 aromatic carbocycles. The number of ketones is 1. The van der Waals surface area contributed by atoms with E-state index in [-0.39, 0.29) is 68.1 Å². The molecule has 4 fully saturated rings. The minimum absolute atomic E-state index is 0. The Morgan fingerprint density at radius 2 is 1.04 bits per heavy atom. The average molecular weight is 1550 g/mol. The Balaban J connectivity index is 0.000000253. The van der Waals surface area contributed by atoms with Gasteiger partial charge in [-0.05, 0) is 131 Å². The molecule has 2 unspecified atom stereocenters. The van der Waals surface area contributed by atoms with Gasteiger partial charge in [-0.2, -0.15) is 8.78 Å². The van der Waals surface area contributed by atoms with Gasteiger partial charge in [0.25, 0.3) is 0 Å². The summed E-state index contributed by atoms with van der Waals surface area (Å²) >= 11 is 3.96. The summed E-state index contributed by atoms with van der Waals surface area (Å²) in [5.41, 5.74) is 19.4. The molecule has 4 amide bonds. The van der Waals surface area contributed by atoms with E-state index in [0.29, 0.717) is 62.1 Å². The fourth-order valence-electron chi connectivity index (χ4n) is 14.3. The zero-order valence-corrected chi connectivity index (χ0v) is 61.0. The fourth-order valence-corrected chi connectivity index (χ4v) is 16.1. The Morgan fingerprint density at radius 3 is 1.50 bits per heavy atom. The number of ether oxygens (including phenoxy) is 1. The molecule has 546 valence electrons. The van der Waals surface area contributed by atoms with Crippen molar-refractivity contribution < 1.29 is 61.0 Å². The van der Waals surface area contributed by atoms with Gasteiger partial charge in [0.05, 0.1) is 44.1 Å². The number of imidazole rings is 2. The Labute approximate surface area is 610 Å². The minimum Gasteiger partial charge on any atom is -0.481 e. The molecule has 0 spiro atoms. The summed E-state index contributed by atoms with van der Waals surface area (Å²) in [7, 11) is 0. The number of hydrogen-bond acceptors (Lipinski definition) is 16. The number of para-hydroxylation sites is 2. The van der Waals surface area contributed by atoms with E-state index < -0.39 is 69.0 Å². The van der Waals surface area contributed by atoms with Crippen molar-refractivity contribution in [2.45, 2.75) is 199 Å². The topological polar surface area (TPSA) is 269 Å².